The molecule has 1 aromatic carbocycles. The van der Waals surface area contributed by atoms with E-state index in [0.717, 1.165) is 59.7 Å². The molecule has 0 aliphatic carbocycles. The van der Waals surface area contributed by atoms with Crippen LogP contribution in [0.2, 0.25) is 0 Å². The van der Waals surface area contributed by atoms with Gasteiger partial charge in [0.05, 0.1) is 17.6 Å². The maximum absolute atomic E-state index is 12.7. The van der Waals surface area contributed by atoms with Crippen molar-refractivity contribution in [2.75, 3.05) is 29.9 Å². The lowest BCUT2D eigenvalue weighted by Gasteiger charge is -2.33. The number of ketones is 1. The summed E-state index contributed by atoms with van der Waals surface area (Å²) in [5.41, 5.74) is 3.74. The minimum atomic E-state index is 0.231. The van der Waals surface area contributed by atoms with Crippen LogP contribution in [0.25, 0.3) is 22.3 Å². The molecule has 4 heterocycles. The molecule has 164 valence electrons. The first-order valence-electron chi connectivity index (χ1n) is 11.0. The highest BCUT2D eigenvalue weighted by Crippen LogP contribution is 2.28. The SMILES string of the molecule is Cn1ccc(-c2cccc(NCC(=O)CC3CCCN(c4ncnc5[nH]ccc45)C3)c2)n1. The van der Waals surface area contributed by atoms with Gasteiger partial charge in [0.25, 0.3) is 0 Å². The van der Waals surface area contributed by atoms with Crippen LogP contribution in [-0.2, 0) is 11.8 Å². The summed E-state index contributed by atoms with van der Waals surface area (Å²) in [5, 5.41) is 8.78. The van der Waals surface area contributed by atoms with Crippen LogP contribution in [0.1, 0.15) is 19.3 Å². The van der Waals surface area contributed by atoms with Crippen LogP contribution in [0.3, 0.4) is 0 Å². The second kappa shape index (κ2) is 8.82. The normalized spacial score (nSPS) is 16.4. The molecule has 8 heteroatoms. The Balaban J connectivity index is 1.18. The van der Waals surface area contributed by atoms with Gasteiger partial charge in [-0.3, -0.25) is 9.48 Å². The highest BCUT2D eigenvalue weighted by molar-refractivity contribution is 5.87. The largest absolute Gasteiger partial charge is 0.378 e. The number of benzene rings is 1. The lowest BCUT2D eigenvalue weighted by molar-refractivity contribution is -0.118. The number of nitrogens with zero attached hydrogens (tertiary/aromatic N) is 5. The quantitative estimate of drug-likeness (QED) is 0.466. The van der Waals surface area contributed by atoms with Gasteiger partial charge in [-0.05, 0) is 43.0 Å². The molecule has 1 aliphatic rings. The Hall–Kier alpha value is -3.68. The molecule has 1 aliphatic heterocycles. The molecule has 0 amide bonds. The third-order valence-corrected chi connectivity index (χ3v) is 6.03. The average molecular weight is 430 g/mol. The molecule has 4 aromatic rings. The van der Waals surface area contributed by atoms with Gasteiger partial charge in [-0.1, -0.05) is 12.1 Å². The van der Waals surface area contributed by atoms with Gasteiger partial charge in [0.1, 0.15) is 17.8 Å². The molecular weight excluding hydrogens is 402 g/mol. The van der Waals surface area contributed by atoms with Gasteiger partial charge < -0.3 is 15.2 Å². The Bertz CT molecular complexity index is 1230. The van der Waals surface area contributed by atoms with Crippen molar-refractivity contribution in [2.24, 2.45) is 13.0 Å². The van der Waals surface area contributed by atoms with Gasteiger partial charge in [0, 0.05) is 50.2 Å². The number of anilines is 2. The average Bonchev–Trinajstić information content (AvgIpc) is 3.47. The topological polar surface area (TPSA) is 91.7 Å². The summed E-state index contributed by atoms with van der Waals surface area (Å²) in [6.45, 7) is 2.14. The van der Waals surface area contributed by atoms with E-state index in [9.17, 15) is 4.79 Å². The van der Waals surface area contributed by atoms with E-state index >= 15 is 0 Å². The number of hydrogen-bond acceptors (Lipinski definition) is 6. The lowest BCUT2D eigenvalue weighted by atomic mass is 9.92. The number of aromatic nitrogens is 5. The molecule has 5 rings (SSSR count). The van der Waals surface area contributed by atoms with Gasteiger partial charge in [0.15, 0.2) is 5.78 Å². The van der Waals surface area contributed by atoms with Gasteiger partial charge >= 0.3 is 0 Å². The molecule has 1 fully saturated rings. The van der Waals surface area contributed by atoms with Crippen LogP contribution >= 0.6 is 0 Å². The zero-order valence-electron chi connectivity index (χ0n) is 18.2. The molecule has 2 N–H and O–H groups in total. The van der Waals surface area contributed by atoms with E-state index in [4.69, 9.17) is 0 Å². The van der Waals surface area contributed by atoms with Gasteiger partial charge in [-0.25, -0.2) is 9.97 Å². The first-order valence-corrected chi connectivity index (χ1v) is 11.0. The van der Waals surface area contributed by atoms with E-state index in [1.54, 1.807) is 11.0 Å². The Labute approximate surface area is 186 Å². The van der Waals surface area contributed by atoms with E-state index in [1.807, 2.05) is 55.8 Å². The second-order valence-corrected chi connectivity index (χ2v) is 8.44. The Kier molecular flexibility index (Phi) is 5.58. The van der Waals surface area contributed by atoms with Crippen LogP contribution in [0.4, 0.5) is 11.5 Å². The maximum Gasteiger partial charge on any atom is 0.152 e. The number of piperidine rings is 1. The van der Waals surface area contributed by atoms with E-state index in [0.29, 0.717) is 18.9 Å². The Morgan fingerprint density at radius 1 is 1.25 bits per heavy atom. The summed E-state index contributed by atoms with van der Waals surface area (Å²) in [5.74, 6) is 1.52. The first-order chi connectivity index (χ1) is 15.7. The van der Waals surface area contributed by atoms with E-state index < -0.39 is 0 Å². The molecular formula is C24H27N7O. The summed E-state index contributed by atoms with van der Waals surface area (Å²) in [6.07, 6.45) is 8.13. The maximum atomic E-state index is 12.7. The number of aryl methyl sites for hydroxylation is 1. The third kappa shape index (κ3) is 4.34. The van der Waals surface area contributed by atoms with Crippen molar-refractivity contribution in [3.8, 4) is 11.3 Å². The molecule has 0 saturated carbocycles. The predicted molar refractivity (Wildman–Crippen MR) is 126 cm³/mol. The fraction of sp³-hybridized carbons (Fsp3) is 0.333. The van der Waals surface area contributed by atoms with E-state index in [1.165, 1.54) is 0 Å². The number of carbonyl (C=O) groups excluding carboxylic acids is 1. The van der Waals surface area contributed by atoms with Crippen LogP contribution in [0, 0.1) is 5.92 Å². The van der Waals surface area contributed by atoms with Crippen LogP contribution in [0.15, 0.2) is 55.1 Å². The smallest absolute Gasteiger partial charge is 0.152 e. The van der Waals surface area contributed by atoms with Crippen molar-refractivity contribution in [3.63, 3.8) is 0 Å². The van der Waals surface area contributed by atoms with Crippen molar-refractivity contribution < 1.29 is 4.79 Å². The summed E-state index contributed by atoms with van der Waals surface area (Å²) >= 11 is 0. The van der Waals surface area contributed by atoms with Crippen molar-refractivity contribution in [1.82, 2.24) is 24.7 Å². The first kappa shape index (κ1) is 20.2. The van der Waals surface area contributed by atoms with Gasteiger partial charge in [-0.15, -0.1) is 0 Å². The Morgan fingerprint density at radius 3 is 3.06 bits per heavy atom. The minimum absolute atomic E-state index is 0.231. The molecule has 1 unspecified atom stereocenters. The summed E-state index contributed by atoms with van der Waals surface area (Å²) in [6, 6.07) is 12.0. The van der Waals surface area contributed by atoms with Crippen LogP contribution < -0.4 is 10.2 Å². The van der Waals surface area contributed by atoms with Crippen molar-refractivity contribution >= 4 is 28.3 Å². The second-order valence-electron chi connectivity index (χ2n) is 8.44. The zero-order chi connectivity index (χ0) is 21.9. The monoisotopic (exact) mass is 429 g/mol. The molecule has 0 radical (unpaired) electrons. The molecule has 32 heavy (non-hydrogen) atoms. The number of H-pyrrole nitrogens is 1. The predicted octanol–water partition coefficient (Wildman–Crippen LogP) is 3.65. The molecule has 8 nitrogen and oxygen atoms in total. The molecule has 1 saturated heterocycles. The van der Waals surface area contributed by atoms with E-state index in [-0.39, 0.29) is 5.78 Å². The lowest BCUT2D eigenvalue weighted by Crippen LogP contribution is -2.37. The van der Waals surface area contributed by atoms with Crippen LogP contribution in [-0.4, -0.2) is 50.1 Å². The fourth-order valence-electron chi connectivity index (χ4n) is 4.49. The number of Topliss-reactive ketones (excluding diaryl/α,β-unsaturated/α-hetero) is 1. The minimum Gasteiger partial charge on any atom is -0.378 e. The highest BCUT2D eigenvalue weighted by atomic mass is 16.1. The van der Waals surface area contributed by atoms with Crippen molar-refractivity contribution in [3.05, 3.63) is 55.1 Å². The molecule has 3 aromatic heterocycles. The number of aromatic amines is 1. The summed E-state index contributed by atoms with van der Waals surface area (Å²) < 4.78 is 1.79. The van der Waals surface area contributed by atoms with Crippen molar-refractivity contribution in [1.29, 1.82) is 0 Å². The zero-order valence-corrected chi connectivity index (χ0v) is 18.2. The van der Waals surface area contributed by atoms with Crippen LogP contribution in [0.5, 0.6) is 0 Å². The number of fused-ring (bicyclic) bond motifs is 1. The standard InChI is InChI=1S/C24H27N7O/c1-30-11-8-22(29-30)18-5-2-6-19(13-18)26-14-20(32)12-17-4-3-10-31(15-17)24-21-7-9-25-23(21)27-16-28-24/h2,5-9,11,13,16-17,26H,3-4,10,12,14-15H2,1H3,(H,25,27,28). The molecule has 1 atom stereocenters. The molecule has 0 bridgehead atoms. The Morgan fingerprint density at radius 2 is 2.19 bits per heavy atom. The number of hydrogen-bond donors (Lipinski definition) is 2. The summed E-state index contributed by atoms with van der Waals surface area (Å²) in [7, 11) is 1.91. The van der Waals surface area contributed by atoms with Crippen molar-refractivity contribution in [2.45, 2.75) is 19.3 Å². The summed E-state index contributed by atoms with van der Waals surface area (Å²) in [4.78, 5) is 27.0. The fourth-order valence-corrected chi connectivity index (χ4v) is 4.49. The number of rotatable bonds is 7. The molecule has 0 spiro atoms. The number of nitrogens with one attached hydrogen (secondary N) is 2. The van der Waals surface area contributed by atoms with E-state index in [2.05, 4.69) is 30.3 Å². The van der Waals surface area contributed by atoms with Gasteiger partial charge in [-0.2, -0.15) is 5.10 Å². The number of carbonyl (C=O) groups is 1. The van der Waals surface area contributed by atoms with Gasteiger partial charge in [0.2, 0.25) is 0 Å². The highest BCUT2D eigenvalue weighted by Gasteiger charge is 2.24. The third-order valence-electron chi connectivity index (χ3n) is 6.03.